The van der Waals surface area contributed by atoms with E-state index in [1.54, 1.807) is 0 Å². The van der Waals surface area contributed by atoms with Crippen LogP contribution in [0.3, 0.4) is 0 Å². The van der Waals surface area contributed by atoms with Gasteiger partial charge in [-0.15, -0.1) is 0 Å². The number of hydrogen-bond donors (Lipinski definition) is 2. The summed E-state index contributed by atoms with van der Waals surface area (Å²) in [4.78, 5) is 0. The lowest BCUT2D eigenvalue weighted by Gasteiger charge is -2.28. The monoisotopic (exact) mass is 205 g/mol. The van der Waals surface area contributed by atoms with Crippen LogP contribution in [-0.4, -0.2) is 23.8 Å². The molecule has 82 valence electrons. The van der Waals surface area contributed by atoms with Crippen molar-refractivity contribution in [1.29, 1.82) is 0 Å². The Morgan fingerprint density at radius 3 is 2.33 bits per heavy atom. The van der Waals surface area contributed by atoms with Crippen molar-refractivity contribution in [2.75, 3.05) is 13.2 Å². The van der Waals surface area contributed by atoms with E-state index in [-0.39, 0.29) is 12.1 Å². The standard InChI is InChI=1S/C13H19NO/c1-2-7-14-13(10-15)8-11-5-3-4-6-12(11)9-13/h3-6,14-15H,2,7-10H2,1H3. The molecule has 0 aliphatic heterocycles. The molecular weight excluding hydrogens is 186 g/mol. The molecule has 2 nitrogen and oxygen atoms in total. The van der Waals surface area contributed by atoms with Crippen LogP contribution in [0, 0.1) is 0 Å². The van der Waals surface area contributed by atoms with Gasteiger partial charge in [0.1, 0.15) is 0 Å². The summed E-state index contributed by atoms with van der Waals surface area (Å²) in [6.45, 7) is 3.36. The highest BCUT2D eigenvalue weighted by molar-refractivity contribution is 5.36. The molecule has 0 saturated heterocycles. The zero-order valence-corrected chi connectivity index (χ0v) is 9.29. The van der Waals surface area contributed by atoms with E-state index < -0.39 is 0 Å². The normalized spacial score (nSPS) is 17.7. The zero-order chi connectivity index (χ0) is 10.7. The SMILES string of the molecule is CCCNC1(CO)Cc2ccccc2C1. The molecule has 1 aliphatic rings. The second-order valence-electron chi connectivity index (χ2n) is 4.49. The summed E-state index contributed by atoms with van der Waals surface area (Å²) in [6.07, 6.45) is 3.03. The molecule has 0 heterocycles. The number of rotatable bonds is 4. The van der Waals surface area contributed by atoms with Crippen molar-refractivity contribution >= 4 is 0 Å². The molecule has 1 aromatic rings. The van der Waals surface area contributed by atoms with Crippen LogP contribution < -0.4 is 5.32 Å². The van der Waals surface area contributed by atoms with Crippen molar-refractivity contribution in [2.24, 2.45) is 0 Å². The Balaban J connectivity index is 2.14. The maximum atomic E-state index is 9.55. The molecule has 1 aliphatic carbocycles. The van der Waals surface area contributed by atoms with Crippen LogP contribution in [0.4, 0.5) is 0 Å². The van der Waals surface area contributed by atoms with Gasteiger partial charge in [0.2, 0.25) is 0 Å². The number of aliphatic hydroxyl groups excluding tert-OH is 1. The third-order valence-electron chi connectivity index (χ3n) is 3.23. The van der Waals surface area contributed by atoms with Crippen LogP contribution in [-0.2, 0) is 12.8 Å². The maximum absolute atomic E-state index is 9.55. The van der Waals surface area contributed by atoms with Gasteiger partial charge in [-0.05, 0) is 36.9 Å². The molecule has 1 aromatic carbocycles. The van der Waals surface area contributed by atoms with Crippen molar-refractivity contribution in [3.8, 4) is 0 Å². The lowest BCUT2D eigenvalue weighted by molar-refractivity contribution is 0.167. The molecule has 2 rings (SSSR count). The summed E-state index contributed by atoms with van der Waals surface area (Å²) >= 11 is 0. The minimum atomic E-state index is -0.0975. The molecule has 2 N–H and O–H groups in total. The Morgan fingerprint density at radius 2 is 1.87 bits per heavy atom. The van der Waals surface area contributed by atoms with E-state index in [0.717, 1.165) is 25.8 Å². The average molecular weight is 205 g/mol. The molecule has 0 saturated carbocycles. The summed E-state index contributed by atoms with van der Waals surface area (Å²) in [6, 6.07) is 8.49. The predicted molar refractivity (Wildman–Crippen MR) is 62.0 cm³/mol. The molecule has 0 atom stereocenters. The van der Waals surface area contributed by atoms with Gasteiger partial charge in [-0.3, -0.25) is 0 Å². The van der Waals surface area contributed by atoms with E-state index in [2.05, 4.69) is 36.5 Å². The summed E-state index contributed by atoms with van der Waals surface area (Å²) in [5, 5.41) is 13.0. The van der Waals surface area contributed by atoms with Gasteiger partial charge in [0.15, 0.2) is 0 Å². The lowest BCUT2D eigenvalue weighted by atomic mass is 9.97. The fourth-order valence-corrected chi connectivity index (χ4v) is 2.38. The molecular formula is C13H19NO. The number of benzene rings is 1. The average Bonchev–Trinajstić information content (AvgIpc) is 2.65. The largest absolute Gasteiger partial charge is 0.394 e. The van der Waals surface area contributed by atoms with Gasteiger partial charge in [-0.1, -0.05) is 31.2 Å². The van der Waals surface area contributed by atoms with Crippen LogP contribution in [0.5, 0.6) is 0 Å². The van der Waals surface area contributed by atoms with Crippen LogP contribution in [0.15, 0.2) is 24.3 Å². The number of hydrogen-bond acceptors (Lipinski definition) is 2. The Kier molecular flexibility index (Phi) is 3.08. The molecule has 2 heteroatoms. The Hall–Kier alpha value is -0.860. The summed E-state index contributed by atoms with van der Waals surface area (Å²) in [5.41, 5.74) is 2.67. The van der Waals surface area contributed by atoms with Crippen molar-refractivity contribution in [3.05, 3.63) is 35.4 Å². The van der Waals surface area contributed by atoms with Crippen LogP contribution in [0.2, 0.25) is 0 Å². The highest BCUT2D eigenvalue weighted by Crippen LogP contribution is 2.29. The predicted octanol–water partition coefficient (Wildman–Crippen LogP) is 1.52. The Morgan fingerprint density at radius 1 is 1.27 bits per heavy atom. The fourth-order valence-electron chi connectivity index (χ4n) is 2.38. The zero-order valence-electron chi connectivity index (χ0n) is 9.29. The van der Waals surface area contributed by atoms with E-state index >= 15 is 0 Å². The van der Waals surface area contributed by atoms with Crippen molar-refractivity contribution in [1.82, 2.24) is 5.32 Å². The maximum Gasteiger partial charge on any atom is 0.0619 e. The third kappa shape index (κ3) is 2.06. The van der Waals surface area contributed by atoms with Gasteiger partial charge >= 0.3 is 0 Å². The van der Waals surface area contributed by atoms with E-state index in [9.17, 15) is 5.11 Å². The number of fused-ring (bicyclic) bond motifs is 1. The van der Waals surface area contributed by atoms with Gasteiger partial charge < -0.3 is 10.4 Å². The quantitative estimate of drug-likeness (QED) is 0.781. The summed E-state index contributed by atoms with van der Waals surface area (Å²) < 4.78 is 0. The summed E-state index contributed by atoms with van der Waals surface area (Å²) in [7, 11) is 0. The van der Waals surface area contributed by atoms with Gasteiger partial charge in [0.05, 0.1) is 6.61 Å². The molecule has 0 unspecified atom stereocenters. The van der Waals surface area contributed by atoms with Crippen LogP contribution in [0.1, 0.15) is 24.5 Å². The number of nitrogens with one attached hydrogen (secondary N) is 1. The first kappa shape index (κ1) is 10.7. The molecule has 0 spiro atoms. The minimum absolute atomic E-state index is 0.0975. The van der Waals surface area contributed by atoms with E-state index in [1.165, 1.54) is 11.1 Å². The van der Waals surface area contributed by atoms with Gasteiger partial charge in [-0.25, -0.2) is 0 Å². The molecule has 0 radical (unpaired) electrons. The second kappa shape index (κ2) is 4.33. The van der Waals surface area contributed by atoms with Gasteiger partial charge in [0, 0.05) is 5.54 Å². The molecule has 0 bridgehead atoms. The first-order valence-corrected chi connectivity index (χ1v) is 5.72. The third-order valence-corrected chi connectivity index (χ3v) is 3.23. The topological polar surface area (TPSA) is 32.3 Å². The second-order valence-corrected chi connectivity index (χ2v) is 4.49. The molecule has 15 heavy (non-hydrogen) atoms. The highest BCUT2D eigenvalue weighted by atomic mass is 16.3. The van der Waals surface area contributed by atoms with E-state index in [1.807, 2.05) is 0 Å². The first-order chi connectivity index (χ1) is 7.29. The van der Waals surface area contributed by atoms with E-state index in [0.29, 0.717) is 0 Å². The van der Waals surface area contributed by atoms with Crippen molar-refractivity contribution < 1.29 is 5.11 Å². The van der Waals surface area contributed by atoms with Gasteiger partial charge in [0.25, 0.3) is 0 Å². The fraction of sp³-hybridized carbons (Fsp3) is 0.538. The Labute approximate surface area is 91.3 Å². The van der Waals surface area contributed by atoms with Crippen LogP contribution in [0.25, 0.3) is 0 Å². The first-order valence-electron chi connectivity index (χ1n) is 5.72. The number of aliphatic hydroxyl groups is 1. The minimum Gasteiger partial charge on any atom is -0.394 e. The smallest absolute Gasteiger partial charge is 0.0619 e. The molecule has 0 fully saturated rings. The van der Waals surface area contributed by atoms with Crippen molar-refractivity contribution in [3.63, 3.8) is 0 Å². The molecule has 0 amide bonds. The highest BCUT2D eigenvalue weighted by Gasteiger charge is 2.35. The summed E-state index contributed by atoms with van der Waals surface area (Å²) in [5.74, 6) is 0. The van der Waals surface area contributed by atoms with E-state index in [4.69, 9.17) is 0 Å². The molecule has 0 aromatic heterocycles. The van der Waals surface area contributed by atoms with Gasteiger partial charge in [-0.2, -0.15) is 0 Å². The van der Waals surface area contributed by atoms with Crippen molar-refractivity contribution in [2.45, 2.75) is 31.7 Å². The Bertz CT molecular complexity index is 310. The van der Waals surface area contributed by atoms with Crippen LogP contribution >= 0.6 is 0 Å². The lowest BCUT2D eigenvalue weighted by Crippen LogP contribution is -2.49.